The molecular formula is C18H34O3Si. The van der Waals surface area contributed by atoms with Gasteiger partial charge in [0, 0.05) is 5.41 Å². The fraction of sp³-hybridized carbons (Fsp3) is 0.944. The smallest absolute Gasteiger partial charge is 0.311 e. The Kier molecular flexibility index (Phi) is 4.36. The first-order chi connectivity index (χ1) is 9.78. The molecule has 0 aromatic rings. The van der Waals surface area contributed by atoms with Crippen molar-refractivity contribution in [2.75, 3.05) is 6.61 Å². The molecule has 3 saturated carbocycles. The van der Waals surface area contributed by atoms with Gasteiger partial charge < -0.3 is 9.16 Å². The molecule has 3 fully saturated rings. The highest BCUT2D eigenvalue weighted by Gasteiger charge is 2.63. The van der Waals surface area contributed by atoms with E-state index in [0.29, 0.717) is 18.4 Å². The van der Waals surface area contributed by atoms with E-state index in [-0.39, 0.29) is 17.0 Å². The third kappa shape index (κ3) is 3.28. The fourth-order valence-electron chi connectivity index (χ4n) is 4.45. The van der Waals surface area contributed by atoms with E-state index >= 15 is 0 Å². The molecule has 0 N–H and O–H groups in total. The van der Waals surface area contributed by atoms with Crippen molar-refractivity contribution < 1.29 is 14.0 Å². The monoisotopic (exact) mass is 326 g/mol. The summed E-state index contributed by atoms with van der Waals surface area (Å²) in [7, 11) is -1.58. The predicted molar refractivity (Wildman–Crippen MR) is 92.2 cm³/mol. The molecule has 4 heteroatoms. The van der Waals surface area contributed by atoms with Crippen molar-refractivity contribution in [2.45, 2.75) is 79.1 Å². The van der Waals surface area contributed by atoms with Gasteiger partial charge in [0.05, 0.1) is 17.6 Å². The Morgan fingerprint density at radius 2 is 1.82 bits per heavy atom. The molecule has 3 nitrogen and oxygen atoms in total. The van der Waals surface area contributed by atoms with Crippen LogP contribution in [0.2, 0.25) is 19.6 Å². The van der Waals surface area contributed by atoms with Crippen molar-refractivity contribution >= 4 is 14.3 Å². The minimum atomic E-state index is -1.58. The lowest BCUT2D eigenvalue weighted by molar-refractivity contribution is -0.217. The van der Waals surface area contributed by atoms with Gasteiger partial charge in [-0.15, -0.1) is 0 Å². The first kappa shape index (κ1) is 18.0. The summed E-state index contributed by atoms with van der Waals surface area (Å²) < 4.78 is 12.3. The first-order valence-corrected chi connectivity index (χ1v) is 12.1. The molecule has 128 valence electrons. The number of esters is 1. The number of carbonyl (C=O) groups excluding carboxylic acids is 1. The fourth-order valence-corrected chi connectivity index (χ4v) is 6.10. The number of ether oxygens (including phenoxy) is 1. The topological polar surface area (TPSA) is 35.5 Å². The maximum Gasteiger partial charge on any atom is 0.311 e. The van der Waals surface area contributed by atoms with Crippen LogP contribution in [-0.2, 0) is 14.0 Å². The molecule has 3 rings (SSSR count). The van der Waals surface area contributed by atoms with Gasteiger partial charge in [0.25, 0.3) is 0 Å². The lowest BCUT2D eigenvalue weighted by atomic mass is 9.44. The summed E-state index contributed by atoms with van der Waals surface area (Å²) in [5, 5.41) is 0. The van der Waals surface area contributed by atoms with Crippen molar-refractivity contribution in [3.8, 4) is 0 Å². The van der Waals surface area contributed by atoms with Crippen LogP contribution in [-0.4, -0.2) is 26.5 Å². The molecule has 3 aliphatic carbocycles. The Morgan fingerprint density at radius 3 is 2.27 bits per heavy atom. The van der Waals surface area contributed by atoms with Gasteiger partial charge >= 0.3 is 5.97 Å². The van der Waals surface area contributed by atoms with E-state index in [2.05, 4.69) is 33.5 Å². The number of hydrogen-bond donors (Lipinski definition) is 0. The average Bonchev–Trinajstić information content (AvgIpc) is 2.30. The molecule has 4 atom stereocenters. The highest BCUT2D eigenvalue weighted by atomic mass is 28.4. The molecule has 0 aromatic heterocycles. The second-order valence-corrected chi connectivity index (χ2v) is 14.3. The number of fused-ring (bicyclic) bond motifs is 2. The first-order valence-electron chi connectivity index (χ1n) is 8.65. The van der Waals surface area contributed by atoms with Gasteiger partial charge in [-0.25, -0.2) is 0 Å². The summed E-state index contributed by atoms with van der Waals surface area (Å²) in [6.45, 7) is 17.7. The van der Waals surface area contributed by atoms with Crippen LogP contribution in [0, 0.1) is 22.7 Å². The maximum atomic E-state index is 12.1. The summed E-state index contributed by atoms with van der Waals surface area (Å²) in [5.41, 5.74) is -0.372. The van der Waals surface area contributed by atoms with Crippen molar-refractivity contribution in [3.05, 3.63) is 0 Å². The molecule has 2 bridgehead atoms. The molecule has 0 aromatic carbocycles. The number of carbonyl (C=O) groups is 1. The van der Waals surface area contributed by atoms with E-state index < -0.39 is 13.7 Å². The molecule has 0 saturated heterocycles. The van der Waals surface area contributed by atoms with Crippen molar-refractivity contribution in [3.63, 3.8) is 0 Å². The molecule has 0 amide bonds. The zero-order valence-electron chi connectivity index (χ0n) is 15.7. The van der Waals surface area contributed by atoms with Crippen LogP contribution in [0.5, 0.6) is 0 Å². The number of rotatable bonds is 4. The van der Waals surface area contributed by atoms with Crippen molar-refractivity contribution in [1.82, 2.24) is 0 Å². The maximum absolute atomic E-state index is 12.1. The zero-order chi connectivity index (χ0) is 17.0. The lowest BCUT2D eigenvalue weighted by Gasteiger charge is -2.65. The van der Waals surface area contributed by atoms with Gasteiger partial charge in [-0.1, -0.05) is 6.92 Å². The molecule has 0 aliphatic heterocycles. The second kappa shape index (κ2) is 5.34. The Labute approximate surface area is 137 Å². The Hall–Kier alpha value is -0.353. The minimum absolute atomic E-state index is 0.0396. The molecule has 0 spiro atoms. The van der Waals surface area contributed by atoms with Crippen LogP contribution in [0.1, 0.15) is 53.9 Å². The lowest BCUT2D eigenvalue weighted by Crippen LogP contribution is -2.65. The van der Waals surface area contributed by atoms with Crippen LogP contribution in [0.25, 0.3) is 0 Å². The molecule has 0 heterocycles. The highest BCUT2D eigenvalue weighted by Crippen LogP contribution is 2.64. The van der Waals surface area contributed by atoms with Gasteiger partial charge in [-0.05, 0) is 78.4 Å². The predicted octanol–water partition coefficient (Wildman–Crippen LogP) is 4.62. The van der Waals surface area contributed by atoms with Gasteiger partial charge in [0.15, 0.2) is 8.32 Å². The molecule has 3 aliphatic rings. The van der Waals surface area contributed by atoms with E-state index in [1.54, 1.807) is 0 Å². The number of hydrogen-bond acceptors (Lipinski definition) is 3. The quantitative estimate of drug-likeness (QED) is 0.558. The Bertz CT molecular complexity index is 446. The molecular weight excluding hydrogens is 292 g/mol. The zero-order valence-corrected chi connectivity index (χ0v) is 16.7. The molecule has 0 unspecified atom stereocenters. The minimum Gasteiger partial charge on any atom is -0.465 e. The third-order valence-electron chi connectivity index (χ3n) is 5.64. The van der Waals surface area contributed by atoms with Crippen LogP contribution in [0.4, 0.5) is 0 Å². The standard InChI is InChI=1S/C18H34O3Si/c1-16(2,3)15(19)20-12-17(4)13-9-10-18(5,14(17)11-13)21-22(6,7)8/h13-14H,9-12H2,1-8H3/t13-,14+,17-,18+/m0/s1. The van der Waals surface area contributed by atoms with E-state index in [9.17, 15) is 4.79 Å². The van der Waals surface area contributed by atoms with Gasteiger partial charge in [-0.2, -0.15) is 0 Å². The summed E-state index contributed by atoms with van der Waals surface area (Å²) in [6, 6.07) is 0. The average molecular weight is 327 g/mol. The molecule has 22 heavy (non-hydrogen) atoms. The summed E-state index contributed by atoms with van der Waals surface area (Å²) in [5.74, 6) is 1.10. The van der Waals surface area contributed by atoms with E-state index in [1.807, 2.05) is 20.8 Å². The van der Waals surface area contributed by atoms with Crippen molar-refractivity contribution in [2.24, 2.45) is 22.7 Å². The van der Waals surface area contributed by atoms with Crippen LogP contribution in [0.15, 0.2) is 0 Å². The summed E-state index contributed by atoms with van der Waals surface area (Å²) in [6.07, 6.45) is 3.57. The third-order valence-corrected chi connectivity index (χ3v) is 6.72. The van der Waals surface area contributed by atoms with E-state index in [1.165, 1.54) is 12.8 Å². The highest BCUT2D eigenvalue weighted by molar-refractivity contribution is 6.69. The van der Waals surface area contributed by atoms with Gasteiger partial charge in [-0.3, -0.25) is 4.79 Å². The SMILES string of the molecule is CC(C)(C)C(=O)OC[C@@]1(C)[C@H]2CC[C@@](C)(O[Si](C)(C)C)[C@@H]1C2. The van der Waals surface area contributed by atoms with Crippen LogP contribution >= 0.6 is 0 Å². The van der Waals surface area contributed by atoms with Gasteiger partial charge in [0.1, 0.15) is 0 Å². The van der Waals surface area contributed by atoms with E-state index in [0.717, 1.165) is 6.42 Å². The van der Waals surface area contributed by atoms with Crippen LogP contribution < -0.4 is 0 Å². The van der Waals surface area contributed by atoms with E-state index in [4.69, 9.17) is 9.16 Å². The van der Waals surface area contributed by atoms with Gasteiger partial charge in [0.2, 0.25) is 0 Å². The summed E-state index contributed by atoms with van der Waals surface area (Å²) in [4.78, 5) is 12.1. The Morgan fingerprint density at radius 1 is 1.23 bits per heavy atom. The van der Waals surface area contributed by atoms with Crippen molar-refractivity contribution in [1.29, 1.82) is 0 Å². The molecule has 0 radical (unpaired) electrons. The largest absolute Gasteiger partial charge is 0.465 e. The normalized spacial score (nSPS) is 38.4. The summed E-state index contributed by atoms with van der Waals surface area (Å²) >= 11 is 0. The Balaban J connectivity index is 2.07. The van der Waals surface area contributed by atoms with Crippen LogP contribution in [0.3, 0.4) is 0 Å². The second-order valence-electron chi connectivity index (χ2n) is 9.88.